The van der Waals surface area contributed by atoms with Gasteiger partial charge in [-0.05, 0) is 44.5 Å². The van der Waals surface area contributed by atoms with Gasteiger partial charge in [-0.2, -0.15) is 0 Å². The summed E-state index contributed by atoms with van der Waals surface area (Å²) in [6, 6.07) is 21.4. The Bertz CT molecular complexity index is 1150. The quantitative estimate of drug-likeness (QED) is 0.331. The van der Waals surface area contributed by atoms with Crippen molar-refractivity contribution in [2.75, 3.05) is 5.32 Å². The van der Waals surface area contributed by atoms with Crippen LogP contribution >= 0.6 is 34.8 Å². The number of nitrogens with one attached hydrogen (secondary N) is 1. The Morgan fingerprint density at radius 2 is 1.47 bits per heavy atom. The van der Waals surface area contributed by atoms with Crippen molar-refractivity contribution in [1.82, 2.24) is 4.90 Å². The fourth-order valence-electron chi connectivity index (χ4n) is 3.30. The summed E-state index contributed by atoms with van der Waals surface area (Å²) in [7, 11) is 0. The van der Waals surface area contributed by atoms with Gasteiger partial charge in [0.25, 0.3) is 5.91 Å². The Kier molecular flexibility index (Phi) is 8.47. The first kappa shape index (κ1) is 25.9. The maximum atomic E-state index is 13.6. The molecule has 3 rings (SSSR count). The van der Waals surface area contributed by atoms with Crippen LogP contribution in [0.5, 0.6) is 5.75 Å². The maximum absolute atomic E-state index is 13.6. The zero-order valence-corrected chi connectivity index (χ0v) is 21.3. The van der Waals surface area contributed by atoms with Crippen LogP contribution in [0.1, 0.15) is 26.3 Å². The molecule has 0 saturated heterocycles. The molecule has 0 aromatic heterocycles. The van der Waals surface area contributed by atoms with Crippen molar-refractivity contribution in [2.45, 2.75) is 39.0 Å². The summed E-state index contributed by atoms with van der Waals surface area (Å²) in [6.45, 7) is 5.21. The molecule has 0 heterocycles. The van der Waals surface area contributed by atoms with Crippen LogP contribution in [0.25, 0.3) is 0 Å². The standard InChI is InChI=1S/C26H25Cl3N2O3/c1-17(34-23-15-21(28)20(27)14-22(23)29)24(32)31(16-18-10-6-4-7-11-18)26(2,3)25(33)30-19-12-8-5-9-13-19/h4-15,17H,16H2,1-3H3,(H,30,33). The van der Waals surface area contributed by atoms with E-state index in [4.69, 9.17) is 39.5 Å². The van der Waals surface area contributed by atoms with Gasteiger partial charge in [0.15, 0.2) is 6.10 Å². The first-order chi connectivity index (χ1) is 16.1. The summed E-state index contributed by atoms with van der Waals surface area (Å²) in [5.74, 6) is -0.495. The van der Waals surface area contributed by atoms with E-state index in [0.717, 1.165) is 5.56 Å². The van der Waals surface area contributed by atoms with E-state index in [0.29, 0.717) is 5.69 Å². The van der Waals surface area contributed by atoms with Gasteiger partial charge in [0, 0.05) is 18.3 Å². The van der Waals surface area contributed by atoms with E-state index in [2.05, 4.69) is 5.32 Å². The largest absolute Gasteiger partial charge is 0.479 e. The van der Waals surface area contributed by atoms with Gasteiger partial charge in [-0.3, -0.25) is 9.59 Å². The number of hydrogen-bond donors (Lipinski definition) is 1. The zero-order chi connectivity index (χ0) is 24.9. The first-order valence-corrected chi connectivity index (χ1v) is 11.8. The Hall–Kier alpha value is -2.73. The normalized spacial score (nSPS) is 12.1. The predicted octanol–water partition coefficient (Wildman–Crippen LogP) is 6.86. The van der Waals surface area contributed by atoms with Crippen LogP contribution in [0.4, 0.5) is 5.69 Å². The highest BCUT2D eigenvalue weighted by atomic mass is 35.5. The molecule has 1 N–H and O–H groups in total. The van der Waals surface area contributed by atoms with E-state index in [1.807, 2.05) is 48.5 Å². The molecule has 0 aliphatic carbocycles. The summed E-state index contributed by atoms with van der Waals surface area (Å²) < 4.78 is 5.86. The number of nitrogens with zero attached hydrogens (tertiary/aromatic N) is 1. The van der Waals surface area contributed by atoms with Gasteiger partial charge in [-0.25, -0.2) is 0 Å². The fraction of sp³-hybridized carbons (Fsp3) is 0.231. The third-order valence-electron chi connectivity index (χ3n) is 5.34. The maximum Gasteiger partial charge on any atom is 0.264 e. The van der Waals surface area contributed by atoms with E-state index >= 15 is 0 Å². The molecule has 178 valence electrons. The molecular formula is C26H25Cl3N2O3. The topological polar surface area (TPSA) is 58.6 Å². The van der Waals surface area contributed by atoms with Gasteiger partial charge < -0.3 is 15.0 Å². The van der Waals surface area contributed by atoms with Crippen LogP contribution in [0.2, 0.25) is 15.1 Å². The molecule has 8 heteroatoms. The van der Waals surface area contributed by atoms with Gasteiger partial charge in [-0.1, -0.05) is 83.3 Å². The van der Waals surface area contributed by atoms with Gasteiger partial charge in [0.2, 0.25) is 5.91 Å². The second kappa shape index (κ2) is 11.1. The lowest BCUT2D eigenvalue weighted by atomic mass is 9.98. The lowest BCUT2D eigenvalue weighted by Crippen LogP contribution is -2.57. The lowest BCUT2D eigenvalue weighted by Gasteiger charge is -2.38. The van der Waals surface area contributed by atoms with Crippen molar-refractivity contribution in [1.29, 1.82) is 0 Å². The minimum Gasteiger partial charge on any atom is -0.479 e. The van der Waals surface area contributed by atoms with Gasteiger partial charge >= 0.3 is 0 Å². The summed E-state index contributed by atoms with van der Waals surface area (Å²) in [6.07, 6.45) is -0.956. The molecule has 0 fully saturated rings. The number of carbonyl (C=O) groups excluding carboxylic acids is 2. The van der Waals surface area contributed by atoms with Crippen molar-refractivity contribution >= 4 is 52.3 Å². The van der Waals surface area contributed by atoms with Crippen molar-refractivity contribution < 1.29 is 14.3 Å². The van der Waals surface area contributed by atoms with Crippen LogP contribution in [0.15, 0.2) is 72.8 Å². The molecule has 3 aromatic rings. The second-order valence-corrected chi connectivity index (χ2v) is 9.47. The number of carbonyl (C=O) groups is 2. The molecule has 34 heavy (non-hydrogen) atoms. The molecule has 0 saturated carbocycles. The number of ether oxygens (including phenoxy) is 1. The molecule has 5 nitrogen and oxygen atoms in total. The highest BCUT2D eigenvalue weighted by Crippen LogP contribution is 2.35. The van der Waals surface area contributed by atoms with Crippen molar-refractivity contribution in [2.24, 2.45) is 0 Å². The highest BCUT2D eigenvalue weighted by molar-refractivity contribution is 6.43. The summed E-state index contributed by atoms with van der Waals surface area (Å²) in [5.41, 5.74) is 0.303. The number of amides is 2. The average molecular weight is 520 g/mol. The van der Waals surface area contributed by atoms with Gasteiger partial charge in [0.05, 0.1) is 15.1 Å². The molecule has 0 bridgehead atoms. The summed E-state index contributed by atoms with van der Waals surface area (Å²) in [5, 5.41) is 3.65. The minimum atomic E-state index is -1.21. The van der Waals surface area contributed by atoms with E-state index in [1.54, 1.807) is 32.9 Å². The van der Waals surface area contributed by atoms with Gasteiger partial charge in [0.1, 0.15) is 11.3 Å². The molecule has 0 spiro atoms. The molecular weight excluding hydrogens is 495 g/mol. The van der Waals surface area contributed by atoms with Gasteiger partial charge in [-0.15, -0.1) is 0 Å². The van der Waals surface area contributed by atoms with E-state index in [1.165, 1.54) is 17.0 Å². The van der Waals surface area contributed by atoms with Crippen LogP contribution in [-0.4, -0.2) is 28.4 Å². The molecule has 3 aromatic carbocycles. The molecule has 0 aliphatic rings. The Labute approximate surface area is 214 Å². The number of anilines is 1. The van der Waals surface area contributed by atoms with Crippen molar-refractivity contribution in [3.8, 4) is 5.75 Å². The number of para-hydroxylation sites is 1. The number of halogens is 3. The number of hydrogen-bond acceptors (Lipinski definition) is 3. The predicted molar refractivity (Wildman–Crippen MR) is 138 cm³/mol. The van der Waals surface area contributed by atoms with E-state index < -0.39 is 11.6 Å². The van der Waals surface area contributed by atoms with Crippen molar-refractivity contribution in [3.63, 3.8) is 0 Å². The Balaban J connectivity index is 1.89. The van der Waals surface area contributed by atoms with Crippen molar-refractivity contribution in [3.05, 3.63) is 93.4 Å². The fourth-order valence-corrected chi connectivity index (χ4v) is 3.88. The molecule has 1 unspecified atom stereocenters. The van der Waals surface area contributed by atoms with Crippen LogP contribution in [-0.2, 0) is 16.1 Å². The molecule has 2 amide bonds. The zero-order valence-electron chi connectivity index (χ0n) is 19.0. The molecule has 0 aliphatic heterocycles. The average Bonchev–Trinajstić information content (AvgIpc) is 2.81. The Morgan fingerprint density at radius 1 is 0.912 bits per heavy atom. The minimum absolute atomic E-state index is 0.206. The smallest absolute Gasteiger partial charge is 0.264 e. The highest BCUT2D eigenvalue weighted by Gasteiger charge is 2.40. The lowest BCUT2D eigenvalue weighted by molar-refractivity contribution is -0.149. The first-order valence-electron chi connectivity index (χ1n) is 10.6. The summed E-state index contributed by atoms with van der Waals surface area (Å²) >= 11 is 18.3. The van der Waals surface area contributed by atoms with Crippen LogP contribution in [0.3, 0.4) is 0 Å². The summed E-state index contributed by atoms with van der Waals surface area (Å²) in [4.78, 5) is 28.4. The third-order valence-corrected chi connectivity index (χ3v) is 6.36. The monoisotopic (exact) mass is 518 g/mol. The Morgan fingerprint density at radius 3 is 2.09 bits per heavy atom. The molecule has 0 radical (unpaired) electrons. The SMILES string of the molecule is CC(Oc1cc(Cl)c(Cl)cc1Cl)C(=O)N(Cc1ccccc1)C(C)(C)C(=O)Nc1ccccc1. The third kappa shape index (κ3) is 6.23. The van der Waals surface area contributed by atoms with Crippen LogP contribution < -0.4 is 10.1 Å². The molecule has 1 atom stereocenters. The number of benzene rings is 3. The van der Waals surface area contributed by atoms with Crippen LogP contribution in [0, 0.1) is 0 Å². The van der Waals surface area contributed by atoms with E-state index in [9.17, 15) is 9.59 Å². The number of rotatable bonds is 8. The second-order valence-electron chi connectivity index (χ2n) is 8.25. The van der Waals surface area contributed by atoms with E-state index in [-0.39, 0.29) is 39.2 Å².